The molecule has 94 valence electrons. The van der Waals surface area contributed by atoms with E-state index in [2.05, 4.69) is 0 Å². The van der Waals surface area contributed by atoms with Gasteiger partial charge in [-0.2, -0.15) is 0 Å². The average Bonchev–Trinajstić information content (AvgIpc) is 2.65. The fraction of sp³-hybridized carbons (Fsp3) is 0.500. The first-order valence-electron chi connectivity index (χ1n) is 5.50. The maximum atomic E-state index is 9.63. The molecule has 1 aromatic carbocycles. The quantitative estimate of drug-likeness (QED) is 0.670. The molecular formula is C12H16O5. The third kappa shape index (κ3) is 2.83. The van der Waals surface area contributed by atoms with E-state index >= 15 is 0 Å². The highest BCUT2D eigenvalue weighted by Crippen LogP contribution is 2.22. The molecule has 5 heteroatoms. The monoisotopic (exact) mass is 240 g/mol. The molecule has 1 aromatic rings. The zero-order valence-electron chi connectivity index (χ0n) is 9.27. The molecule has 5 nitrogen and oxygen atoms in total. The molecule has 0 spiro atoms. The van der Waals surface area contributed by atoms with E-state index in [9.17, 15) is 10.2 Å². The van der Waals surface area contributed by atoms with Gasteiger partial charge in [-0.3, -0.25) is 0 Å². The fourth-order valence-electron chi connectivity index (χ4n) is 1.76. The summed E-state index contributed by atoms with van der Waals surface area (Å²) in [5.74, 6) is 0. The first kappa shape index (κ1) is 12.5. The van der Waals surface area contributed by atoms with Crippen LogP contribution in [0.4, 0.5) is 0 Å². The van der Waals surface area contributed by atoms with Crippen molar-refractivity contribution in [3.63, 3.8) is 0 Å². The van der Waals surface area contributed by atoms with Crippen LogP contribution in [-0.4, -0.2) is 46.5 Å². The Morgan fingerprint density at radius 1 is 1.12 bits per heavy atom. The minimum Gasteiger partial charge on any atom is -0.394 e. The summed E-state index contributed by atoms with van der Waals surface area (Å²) >= 11 is 0. The number of ether oxygens (including phenoxy) is 2. The lowest BCUT2D eigenvalue weighted by atomic mass is 10.1. The van der Waals surface area contributed by atoms with Crippen LogP contribution < -0.4 is 0 Å². The van der Waals surface area contributed by atoms with Crippen molar-refractivity contribution in [1.82, 2.24) is 0 Å². The Bertz CT molecular complexity index is 342. The molecule has 1 heterocycles. The van der Waals surface area contributed by atoms with Gasteiger partial charge in [0.1, 0.15) is 18.3 Å². The van der Waals surface area contributed by atoms with Gasteiger partial charge in [0, 0.05) is 0 Å². The van der Waals surface area contributed by atoms with E-state index < -0.39 is 24.6 Å². The van der Waals surface area contributed by atoms with Gasteiger partial charge in [-0.15, -0.1) is 0 Å². The highest BCUT2D eigenvalue weighted by atomic mass is 16.7. The topological polar surface area (TPSA) is 79.2 Å². The molecule has 2 rings (SSSR count). The first-order chi connectivity index (χ1) is 8.22. The molecule has 0 saturated carbocycles. The SMILES string of the molecule is OC[C@@H]1O[C@@H](OCc2ccccc2)[C@H](O)[C@@H]1O. The maximum absolute atomic E-state index is 9.63. The summed E-state index contributed by atoms with van der Waals surface area (Å²) in [4.78, 5) is 0. The van der Waals surface area contributed by atoms with Crippen molar-refractivity contribution in [1.29, 1.82) is 0 Å². The van der Waals surface area contributed by atoms with Gasteiger partial charge in [-0.05, 0) is 5.56 Å². The molecule has 0 aromatic heterocycles. The zero-order valence-corrected chi connectivity index (χ0v) is 9.27. The number of hydrogen-bond acceptors (Lipinski definition) is 5. The Labute approximate surface area is 99.2 Å². The molecule has 0 radical (unpaired) electrons. The summed E-state index contributed by atoms with van der Waals surface area (Å²) in [5.41, 5.74) is 0.949. The summed E-state index contributed by atoms with van der Waals surface area (Å²) in [6.07, 6.45) is -3.93. The summed E-state index contributed by atoms with van der Waals surface area (Å²) in [5, 5.41) is 28.0. The van der Waals surface area contributed by atoms with Gasteiger partial charge < -0.3 is 24.8 Å². The van der Waals surface area contributed by atoms with Gasteiger partial charge in [0.25, 0.3) is 0 Å². The maximum Gasteiger partial charge on any atom is 0.187 e. The third-order valence-corrected chi connectivity index (χ3v) is 2.76. The average molecular weight is 240 g/mol. The van der Waals surface area contributed by atoms with E-state index in [1.807, 2.05) is 30.3 Å². The molecular weight excluding hydrogens is 224 g/mol. The molecule has 1 aliphatic heterocycles. The summed E-state index contributed by atoms with van der Waals surface area (Å²) in [6, 6.07) is 9.45. The van der Waals surface area contributed by atoms with Crippen molar-refractivity contribution in [2.75, 3.05) is 6.61 Å². The molecule has 0 aliphatic carbocycles. The van der Waals surface area contributed by atoms with Crippen molar-refractivity contribution < 1.29 is 24.8 Å². The van der Waals surface area contributed by atoms with E-state index in [0.717, 1.165) is 5.56 Å². The molecule has 1 aliphatic rings. The zero-order chi connectivity index (χ0) is 12.3. The second-order valence-corrected chi connectivity index (χ2v) is 4.00. The van der Waals surface area contributed by atoms with Crippen LogP contribution in [-0.2, 0) is 16.1 Å². The van der Waals surface area contributed by atoms with E-state index in [1.54, 1.807) is 0 Å². The summed E-state index contributed by atoms with van der Waals surface area (Å²) < 4.78 is 10.5. The van der Waals surface area contributed by atoms with Crippen molar-refractivity contribution in [2.45, 2.75) is 31.2 Å². The molecule has 17 heavy (non-hydrogen) atoms. The van der Waals surface area contributed by atoms with Crippen LogP contribution in [0, 0.1) is 0 Å². The number of benzene rings is 1. The van der Waals surface area contributed by atoms with Gasteiger partial charge >= 0.3 is 0 Å². The van der Waals surface area contributed by atoms with Gasteiger partial charge in [0.2, 0.25) is 0 Å². The van der Waals surface area contributed by atoms with Gasteiger partial charge in [0.05, 0.1) is 13.2 Å². The molecule has 1 saturated heterocycles. The van der Waals surface area contributed by atoms with Crippen LogP contribution in [0.3, 0.4) is 0 Å². The van der Waals surface area contributed by atoms with Crippen LogP contribution in [0.25, 0.3) is 0 Å². The van der Waals surface area contributed by atoms with Crippen LogP contribution >= 0.6 is 0 Å². The van der Waals surface area contributed by atoms with Crippen molar-refractivity contribution in [3.8, 4) is 0 Å². The Hall–Kier alpha value is -0.980. The molecule has 4 atom stereocenters. The van der Waals surface area contributed by atoms with E-state index in [-0.39, 0.29) is 13.2 Å². The van der Waals surface area contributed by atoms with Crippen LogP contribution in [0.5, 0.6) is 0 Å². The predicted octanol–water partition coefficient (Wildman–Crippen LogP) is -0.358. The standard InChI is InChI=1S/C12H16O5/c13-6-9-10(14)11(15)12(17-9)16-7-8-4-2-1-3-5-8/h1-5,9-15H,6-7H2/t9-,10+,11+,12+/m0/s1. The Kier molecular flexibility index (Phi) is 4.09. The van der Waals surface area contributed by atoms with Crippen LogP contribution in [0.1, 0.15) is 5.56 Å². The molecule has 3 N–H and O–H groups in total. The number of hydrogen-bond donors (Lipinski definition) is 3. The summed E-state index contributed by atoms with van der Waals surface area (Å²) in [6.45, 7) is -0.0587. The molecule has 0 amide bonds. The first-order valence-corrected chi connectivity index (χ1v) is 5.50. The van der Waals surface area contributed by atoms with Gasteiger partial charge in [-0.1, -0.05) is 30.3 Å². The fourth-order valence-corrected chi connectivity index (χ4v) is 1.76. The van der Waals surface area contributed by atoms with E-state index in [4.69, 9.17) is 14.6 Å². The van der Waals surface area contributed by atoms with Crippen molar-refractivity contribution in [2.24, 2.45) is 0 Å². The molecule has 0 unspecified atom stereocenters. The lowest BCUT2D eigenvalue weighted by Gasteiger charge is -2.15. The van der Waals surface area contributed by atoms with Crippen LogP contribution in [0.2, 0.25) is 0 Å². The van der Waals surface area contributed by atoms with Crippen molar-refractivity contribution >= 4 is 0 Å². The predicted molar refractivity (Wildman–Crippen MR) is 59.0 cm³/mol. The smallest absolute Gasteiger partial charge is 0.187 e. The van der Waals surface area contributed by atoms with Crippen molar-refractivity contribution in [3.05, 3.63) is 35.9 Å². The molecule has 0 bridgehead atoms. The highest BCUT2D eigenvalue weighted by molar-refractivity contribution is 5.13. The lowest BCUT2D eigenvalue weighted by molar-refractivity contribution is -0.175. The van der Waals surface area contributed by atoms with Crippen LogP contribution in [0.15, 0.2) is 30.3 Å². The number of aliphatic hydroxyl groups excluding tert-OH is 3. The minimum atomic E-state index is -1.13. The molecule has 1 fully saturated rings. The normalized spacial score (nSPS) is 32.9. The second-order valence-electron chi connectivity index (χ2n) is 4.00. The second kappa shape index (κ2) is 5.57. The highest BCUT2D eigenvalue weighted by Gasteiger charge is 2.42. The number of rotatable bonds is 4. The van der Waals surface area contributed by atoms with Gasteiger partial charge in [0.15, 0.2) is 6.29 Å². The Morgan fingerprint density at radius 2 is 1.82 bits per heavy atom. The van der Waals surface area contributed by atoms with E-state index in [1.165, 1.54) is 0 Å². The Balaban J connectivity index is 1.88. The number of aliphatic hydroxyl groups is 3. The third-order valence-electron chi connectivity index (χ3n) is 2.76. The minimum absolute atomic E-state index is 0.285. The lowest BCUT2D eigenvalue weighted by Crippen LogP contribution is -2.34. The summed E-state index contributed by atoms with van der Waals surface area (Å²) in [7, 11) is 0. The Morgan fingerprint density at radius 3 is 2.41 bits per heavy atom. The van der Waals surface area contributed by atoms with Gasteiger partial charge in [-0.25, -0.2) is 0 Å². The largest absolute Gasteiger partial charge is 0.394 e. The van der Waals surface area contributed by atoms with E-state index in [0.29, 0.717) is 0 Å².